The van der Waals surface area contributed by atoms with E-state index in [2.05, 4.69) is 10.2 Å². The number of piperazine rings is 1. The molecule has 1 N–H and O–H groups in total. The lowest BCUT2D eigenvalue weighted by Gasteiger charge is -2.34. The molecule has 0 spiro atoms. The summed E-state index contributed by atoms with van der Waals surface area (Å²) in [4.78, 5) is 28.8. The largest absolute Gasteiger partial charge is 0.483 e. The highest BCUT2D eigenvalue weighted by molar-refractivity contribution is 6.30. The van der Waals surface area contributed by atoms with Crippen molar-refractivity contribution in [1.29, 1.82) is 0 Å². The monoisotopic (exact) mass is 429 g/mol. The predicted molar refractivity (Wildman–Crippen MR) is 119 cm³/mol. The first kappa shape index (κ1) is 22.1. The molecule has 1 saturated heterocycles. The number of hydrogen-bond donors (Lipinski definition) is 1. The number of halogens is 1. The standard InChI is InChI=1S/C23H28ClN3O3/c1-16-5-4-6-17(2)23(16)25-21(28)14-26-9-11-27(12-10-26)22(29)15-30-20-8-7-19(24)13-18(20)3/h4-8,13H,9-12,14-15H2,1-3H3,(H,25,28). The second-order valence-electron chi connectivity index (χ2n) is 7.67. The Bertz CT molecular complexity index is 904. The van der Waals surface area contributed by atoms with Crippen LogP contribution in [0.5, 0.6) is 5.75 Å². The zero-order valence-electron chi connectivity index (χ0n) is 17.7. The van der Waals surface area contributed by atoms with Crippen LogP contribution in [0.15, 0.2) is 36.4 Å². The average Bonchev–Trinajstić information content (AvgIpc) is 2.70. The van der Waals surface area contributed by atoms with Gasteiger partial charge in [0, 0.05) is 36.9 Å². The normalized spacial score (nSPS) is 14.5. The number of rotatable bonds is 6. The molecule has 1 aliphatic heterocycles. The minimum absolute atomic E-state index is 0.00445. The van der Waals surface area contributed by atoms with E-state index in [-0.39, 0.29) is 18.4 Å². The van der Waals surface area contributed by atoms with Crippen molar-refractivity contribution in [2.45, 2.75) is 20.8 Å². The highest BCUT2D eigenvalue weighted by Gasteiger charge is 2.23. The smallest absolute Gasteiger partial charge is 0.260 e. The lowest BCUT2D eigenvalue weighted by Crippen LogP contribution is -2.51. The molecule has 0 aromatic heterocycles. The van der Waals surface area contributed by atoms with Gasteiger partial charge in [-0.05, 0) is 55.7 Å². The van der Waals surface area contributed by atoms with Crippen molar-refractivity contribution in [3.8, 4) is 5.75 Å². The SMILES string of the molecule is Cc1cc(Cl)ccc1OCC(=O)N1CCN(CC(=O)Nc2c(C)cccc2C)CC1. The minimum Gasteiger partial charge on any atom is -0.483 e. The number of carbonyl (C=O) groups is 2. The number of nitrogens with one attached hydrogen (secondary N) is 1. The van der Waals surface area contributed by atoms with Crippen molar-refractivity contribution in [2.24, 2.45) is 0 Å². The van der Waals surface area contributed by atoms with Crippen molar-refractivity contribution in [1.82, 2.24) is 9.80 Å². The van der Waals surface area contributed by atoms with Gasteiger partial charge in [-0.1, -0.05) is 29.8 Å². The van der Waals surface area contributed by atoms with Crippen LogP contribution in [0.4, 0.5) is 5.69 Å². The fourth-order valence-electron chi connectivity index (χ4n) is 3.55. The van der Waals surface area contributed by atoms with Gasteiger partial charge in [-0.25, -0.2) is 0 Å². The summed E-state index contributed by atoms with van der Waals surface area (Å²) in [5.74, 6) is 0.576. The minimum atomic E-state index is -0.0519. The number of nitrogens with zero attached hydrogens (tertiary/aromatic N) is 2. The van der Waals surface area contributed by atoms with Crippen LogP contribution >= 0.6 is 11.6 Å². The molecule has 2 aromatic rings. The van der Waals surface area contributed by atoms with Crippen molar-refractivity contribution >= 4 is 29.1 Å². The van der Waals surface area contributed by atoms with E-state index in [0.29, 0.717) is 43.5 Å². The number of anilines is 1. The summed E-state index contributed by atoms with van der Waals surface area (Å²) >= 11 is 5.95. The third-order valence-corrected chi connectivity index (χ3v) is 5.56. The first-order chi connectivity index (χ1) is 14.3. The predicted octanol–water partition coefficient (Wildman–Crippen LogP) is 3.43. The van der Waals surface area contributed by atoms with Gasteiger partial charge in [0.25, 0.3) is 5.91 Å². The van der Waals surface area contributed by atoms with Crippen molar-refractivity contribution in [3.05, 3.63) is 58.1 Å². The van der Waals surface area contributed by atoms with E-state index in [1.807, 2.05) is 45.0 Å². The fraction of sp³-hybridized carbons (Fsp3) is 0.391. The Morgan fingerprint density at radius 1 is 1.00 bits per heavy atom. The summed E-state index contributed by atoms with van der Waals surface area (Å²) in [5, 5.41) is 3.66. The zero-order chi connectivity index (χ0) is 21.7. The Labute approximate surface area is 182 Å². The molecule has 0 saturated carbocycles. The van der Waals surface area contributed by atoms with E-state index in [1.54, 1.807) is 17.0 Å². The molecule has 1 heterocycles. The van der Waals surface area contributed by atoms with Gasteiger partial charge < -0.3 is 15.0 Å². The summed E-state index contributed by atoms with van der Waals surface area (Å²) in [6, 6.07) is 11.3. The van der Waals surface area contributed by atoms with E-state index in [9.17, 15) is 9.59 Å². The summed E-state index contributed by atoms with van der Waals surface area (Å²) in [5.41, 5.74) is 3.88. The highest BCUT2D eigenvalue weighted by Crippen LogP contribution is 2.22. The van der Waals surface area contributed by atoms with Gasteiger partial charge in [-0.3, -0.25) is 14.5 Å². The molecule has 1 fully saturated rings. The molecule has 7 heteroatoms. The third kappa shape index (κ3) is 5.74. The number of aryl methyl sites for hydroxylation is 3. The van der Waals surface area contributed by atoms with E-state index in [4.69, 9.17) is 16.3 Å². The van der Waals surface area contributed by atoms with Crippen LogP contribution in [0.2, 0.25) is 5.02 Å². The van der Waals surface area contributed by atoms with Crippen LogP contribution in [-0.2, 0) is 9.59 Å². The first-order valence-electron chi connectivity index (χ1n) is 10.1. The van der Waals surface area contributed by atoms with Gasteiger partial charge in [0.05, 0.1) is 6.54 Å². The third-order valence-electron chi connectivity index (χ3n) is 5.33. The number of carbonyl (C=O) groups excluding carboxylic acids is 2. The summed E-state index contributed by atoms with van der Waals surface area (Å²) in [7, 11) is 0. The Kier molecular flexibility index (Phi) is 7.34. The van der Waals surface area contributed by atoms with Crippen molar-refractivity contribution < 1.29 is 14.3 Å². The lowest BCUT2D eigenvalue weighted by molar-refractivity contribution is -0.135. The van der Waals surface area contributed by atoms with Gasteiger partial charge in [-0.2, -0.15) is 0 Å². The van der Waals surface area contributed by atoms with Crippen molar-refractivity contribution in [3.63, 3.8) is 0 Å². The number of amides is 2. The Morgan fingerprint density at radius 3 is 2.30 bits per heavy atom. The molecule has 30 heavy (non-hydrogen) atoms. The molecular formula is C23H28ClN3O3. The van der Waals surface area contributed by atoms with Crippen LogP contribution in [0.1, 0.15) is 16.7 Å². The fourth-order valence-corrected chi connectivity index (χ4v) is 3.78. The Morgan fingerprint density at radius 2 is 1.67 bits per heavy atom. The van der Waals surface area contributed by atoms with Gasteiger partial charge in [0.15, 0.2) is 6.61 Å². The molecule has 2 aromatic carbocycles. The van der Waals surface area contributed by atoms with Gasteiger partial charge in [0.2, 0.25) is 5.91 Å². The number of hydrogen-bond acceptors (Lipinski definition) is 4. The van der Waals surface area contributed by atoms with E-state index in [0.717, 1.165) is 22.4 Å². The first-order valence-corrected chi connectivity index (χ1v) is 10.5. The van der Waals surface area contributed by atoms with Crippen molar-refractivity contribution in [2.75, 3.05) is 44.6 Å². The number of benzene rings is 2. The molecule has 2 amide bonds. The van der Waals surface area contributed by atoms with Crippen LogP contribution in [0, 0.1) is 20.8 Å². The molecule has 160 valence electrons. The summed E-state index contributed by atoms with van der Waals surface area (Å²) in [6.07, 6.45) is 0. The molecule has 0 atom stereocenters. The quantitative estimate of drug-likeness (QED) is 0.764. The molecule has 0 radical (unpaired) electrons. The second kappa shape index (κ2) is 9.96. The molecule has 0 aliphatic carbocycles. The molecular weight excluding hydrogens is 402 g/mol. The zero-order valence-corrected chi connectivity index (χ0v) is 18.5. The molecule has 0 bridgehead atoms. The molecule has 3 rings (SSSR count). The lowest BCUT2D eigenvalue weighted by atomic mass is 10.1. The maximum Gasteiger partial charge on any atom is 0.260 e. The van der Waals surface area contributed by atoms with E-state index in [1.165, 1.54) is 0 Å². The van der Waals surface area contributed by atoms with E-state index < -0.39 is 0 Å². The maximum absolute atomic E-state index is 12.5. The molecule has 0 unspecified atom stereocenters. The Hall–Kier alpha value is -2.57. The van der Waals surface area contributed by atoms with Crippen LogP contribution in [0.25, 0.3) is 0 Å². The summed E-state index contributed by atoms with van der Waals surface area (Å²) in [6.45, 7) is 8.66. The van der Waals surface area contributed by atoms with Gasteiger partial charge >= 0.3 is 0 Å². The molecule has 1 aliphatic rings. The maximum atomic E-state index is 12.5. The van der Waals surface area contributed by atoms with E-state index >= 15 is 0 Å². The number of ether oxygens (including phenoxy) is 1. The van der Waals surface area contributed by atoms with Crippen LogP contribution < -0.4 is 10.1 Å². The summed E-state index contributed by atoms with van der Waals surface area (Å²) < 4.78 is 5.66. The van der Waals surface area contributed by atoms with Gasteiger partial charge in [0.1, 0.15) is 5.75 Å². The van der Waals surface area contributed by atoms with Gasteiger partial charge in [-0.15, -0.1) is 0 Å². The average molecular weight is 430 g/mol. The number of para-hydroxylation sites is 1. The molecule has 6 nitrogen and oxygen atoms in total. The van der Waals surface area contributed by atoms with Crippen LogP contribution in [0.3, 0.4) is 0 Å². The second-order valence-corrected chi connectivity index (χ2v) is 8.11. The van der Waals surface area contributed by atoms with Crippen LogP contribution in [-0.4, -0.2) is 60.9 Å². The highest BCUT2D eigenvalue weighted by atomic mass is 35.5. The Balaban J connectivity index is 1.44. The topological polar surface area (TPSA) is 61.9 Å².